The first-order valence-corrected chi connectivity index (χ1v) is 8.39. The number of alkyl halides is 3. The lowest BCUT2D eigenvalue weighted by atomic mass is 10.1. The van der Waals surface area contributed by atoms with Crippen LogP contribution in [0.1, 0.15) is 11.3 Å². The Morgan fingerprint density at radius 1 is 0.897 bits per heavy atom. The molecule has 4 rings (SSSR count). The van der Waals surface area contributed by atoms with E-state index in [2.05, 4.69) is 25.1 Å². The van der Waals surface area contributed by atoms with Crippen molar-refractivity contribution in [2.45, 2.75) is 13.1 Å². The first-order chi connectivity index (χ1) is 13.8. The minimum Gasteiger partial charge on any atom is -0.384 e. The number of nitrogens with zero attached hydrogens (tertiary/aromatic N) is 5. The van der Waals surface area contributed by atoms with Gasteiger partial charge in [-0.05, 0) is 37.3 Å². The number of hydrogen-bond acceptors (Lipinski definition) is 7. The molecule has 3 heterocycles. The van der Waals surface area contributed by atoms with Crippen LogP contribution < -0.4 is 5.73 Å². The molecule has 29 heavy (non-hydrogen) atoms. The summed E-state index contributed by atoms with van der Waals surface area (Å²) in [5.41, 5.74) is 6.98. The molecule has 0 saturated heterocycles. The number of pyridine rings is 1. The van der Waals surface area contributed by atoms with E-state index in [9.17, 15) is 13.2 Å². The first-order valence-electron chi connectivity index (χ1n) is 8.39. The van der Waals surface area contributed by atoms with Crippen molar-refractivity contribution in [2.24, 2.45) is 0 Å². The molecule has 0 spiro atoms. The molecule has 2 N–H and O–H groups in total. The number of nitrogens with two attached hydrogens (primary N) is 1. The third kappa shape index (κ3) is 3.91. The van der Waals surface area contributed by atoms with Gasteiger partial charge in [-0.1, -0.05) is 17.3 Å². The maximum Gasteiger partial charge on any atom is 0.416 e. The SMILES string of the molecule is Cc1cc(-c2ccc(C(F)(F)F)cc2)nc(-c2nc(-c3ccc(N)nc3)no2)n1. The Morgan fingerprint density at radius 2 is 1.62 bits per heavy atom. The number of aryl methyl sites for hydroxylation is 1. The van der Waals surface area contributed by atoms with Crippen LogP contribution in [0.2, 0.25) is 0 Å². The van der Waals surface area contributed by atoms with Crippen LogP contribution in [0.25, 0.3) is 34.4 Å². The summed E-state index contributed by atoms with van der Waals surface area (Å²) in [6.07, 6.45) is -2.89. The van der Waals surface area contributed by atoms with Crippen molar-refractivity contribution in [3.63, 3.8) is 0 Å². The van der Waals surface area contributed by atoms with Crippen molar-refractivity contribution < 1.29 is 17.7 Å². The van der Waals surface area contributed by atoms with Crippen molar-refractivity contribution in [3.8, 4) is 34.4 Å². The largest absolute Gasteiger partial charge is 0.416 e. The van der Waals surface area contributed by atoms with Gasteiger partial charge in [-0.3, -0.25) is 0 Å². The van der Waals surface area contributed by atoms with Crippen LogP contribution in [0.3, 0.4) is 0 Å². The van der Waals surface area contributed by atoms with E-state index in [0.717, 1.165) is 12.1 Å². The van der Waals surface area contributed by atoms with Crippen molar-refractivity contribution in [3.05, 3.63) is 59.9 Å². The van der Waals surface area contributed by atoms with E-state index in [1.165, 1.54) is 18.3 Å². The second-order valence-corrected chi connectivity index (χ2v) is 6.19. The van der Waals surface area contributed by atoms with Crippen molar-refractivity contribution in [1.29, 1.82) is 0 Å². The molecule has 10 heteroatoms. The van der Waals surface area contributed by atoms with Gasteiger partial charge in [0.25, 0.3) is 5.89 Å². The van der Waals surface area contributed by atoms with Crippen molar-refractivity contribution in [1.82, 2.24) is 25.1 Å². The zero-order valence-electron chi connectivity index (χ0n) is 15.0. The summed E-state index contributed by atoms with van der Waals surface area (Å²) in [5, 5.41) is 3.89. The van der Waals surface area contributed by atoms with E-state index in [1.54, 1.807) is 25.1 Å². The van der Waals surface area contributed by atoms with Gasteiger partial charge in [-0.15, -0.1) is 0 Å². The van der Waals surface area contributed by atoms with E-state index in [4.69, 9.17) is 10.3 Å². The Labute approximate surface area is 162 Å². The first kappa shape index (κ1) is 18.5. The van der Waals surface area contributed by atoms with Crippen molar-refractivity contribution in [2.75, 3.05) is 5.73 Å². The van der Waals surface area contributed by atoms with Crippen LogP contribution >= 0.6 is 0 Å². The number of rotatable bonds is 3. The number of nitrogen functional groups attached to an aromatic ring is 1. The standard InChI is InChI=1S/C19H13F3N6O/c1-10-8-14(11-2-5-13(6-3-11)19(20,21)22)26-17(25-10)18-27-16(28-29-18)12-4-7-15(23)24-9-12/h2-9H,1H3,(H2,23,24). The zero-order chi connectivity index (χ0) is 20.6. The lowest BCUT2D eigenvalue weighted by molar-refractivity contribution is -0.137. The Bertz CT molecular complexity index is 1150. The molecule has 0 unspecified atom stereocenters. The lowest BCUT2D eigenvalue weighted by Gasteiger charge is -2.08. The third-order valence-corrected chi connectivity index (χ3v) is 4.02. The van der Waals surface area contributed by atoms with E-state index in [-0.39, 0.29) is 17.5 Å². The summed E-state index contributed by atoms with van der Waals surface area (Å²) in [5.74, 6) is 0.894. The molecule has 0 atom stereocenters. The molecule has 0 saturated carbocycles. The fraction of sp³-hybridized carbons (Fsp3) is 0.105. The summed E-state index contributed by atoms with van der Waals surface area (Å²) in [4.78, 5) is 16.9. The normalized spacial score (nSPS) is 11.6. The molecule has 1 aromatic carbocycles. The molecule has 0 aliphatic carbocycles. The number of aromatic nitrogens is 5. The molecule has 0 aliphatic rings. The number of halogens is 3. The minimum atomic E-state index is -4.40. The Balaban J connectivity index is 1.68. The highest BCUT2D eigenvalue weighted by molar-refractivity contribution is 5.63. The van der Waals surface area contributed by atoms with Crippen LogP contribution in [0.4, 0.5) is 19.0 Å². The average Bonchev–Trinajstić information content (AvgIpc) is 3.18. The third-order valence-electron chi connectivity index (χ3n) is 4.02. The Morgan fingerprint density at radius 3 is 2.28 bits per heavy atom. The van der Waals surface area contributed by atoms with Gasteiger partial charge in [0.05, 0.1) is 11.3 Å². The summed E-state index contributed by atoms with van der Waals surface area (Å²) in [6.45, 7) is 1.74. The molecule has 146 valence electrons. The average molecular weight is 398 g/mol. The highest BCUT2D eigenvalue weighted by Gasteiger charge is 2.30. The monoisotopic (exact) mass is 398 g/mol. The van der Waals surface area contributed by atoms with Crippen LogP contribution in [0.15, 0.2) is 53.2 Å². The second kappa shape index (κ2) is 6.97. The quantitative estimate of drug-likeness (QED) is 0.552. The molecule has 0 fully saturated rings. The van der Waals surface area contributed by atoms with Gasteiger partial charge in [-0.2, -0.15) is 18.2 Å². The number of hydrogen-bond donors (Lipinski definition) is 1. The van der Waals surface area contributed by atoms with Crippen LogP contribution in [-0.2, 0) is 6.18 Å². The molecular weight excluding hydrogens is 385 g/mol. The highest BCUT2D eigenvalue weighted by Crippen LogP contribution is 2.31. The van der Waals surface area contributed by atoms with E-state index >= 15 is 0 Å². The van der Waals surface area contributed by atoms with E-state index < -0.39 is 11.7 Å². The van der Waals surface area contributed by atoms with Crippen LogP contribution in [-0.4, -0.2) is 25.1 Å². The van der Waals surface area contributed by atoms with Crippen LogP contribution in [0.5, 0.6) is 0 Å². The Hall–Kier alpha value is -3.82. The molecule has 3 aromatic heterocycles. The van der Waals surface area contributed by atoms with Gasteiger partial charge < -0.3 is 10.3 Å². The molecule has 0 aliphatic heterocycles. The van der Waals surface area contributed by atoms with Gasteiger partial charge >= 0.3 is 6.18 Å². The maximum absolute atomic E-state index is 12.8. The van der Waals surface area contributed by atoms with Gasteiger partial charge in [0.15, 0.2) is 0 Å². The molecule has 7 nitrogen and oxygen atoms in total. The molecule has 4 aromatic rings. The summed E-state index contributed by atoms with van der Waals surface area (Å²) >= 11 is 0. The number of anilines is 1. The fourth-order valence-electron chi connectivity index (χ4n) is 2.61. The van der Waals surface area contributed by atoms with Gasteiger partial charge in [0.1, 0.15) is 5.82 Å². The minimum absolute atomic E-state index is 0.0775. The van der Waals surface area contributed by atoms with Gasteiger partial charge in [0, 0.05) is 23.0 Å². The van der Waals surface area contributed by atoms with E-state index in [0.29, 0.717) is 28.3 Å². The van der Waals surface area contributed by atoms with Gasteiger partial charge in [-0.25, -0.2) is 15.0 Å². The summed E-state index contributed by atoms with van der Waals surface area (Å²) in [7, 11) is 0. The zero-order valence-corrected chi connectivity index (χ0v) is 15.0. The Kier molecular flexibility index (Phi) is 4.45. The summed E-state index contributed by atoms with van der Waals surface area (Å²) < 4.78 is 43.6. The second-order valence-electron chi connectivity index (χ2n) is 6.19. The molecule has 0 radical (unpaired) electrons. The molecule has 0 bridgehead atoms. The smallest absolute Gasteiger partial charge is 0.384 e. The maximum atomic E-state index is 12.8. The fourth-order valence-corrected chi connectivity index (χ4v) is 2.61. The number of benzene rings is 1. The molecular formula is C19H13F3N6O. The predicted octanol–water partition coefficient (Wildman–Crippen LogP) is 4.17. The van der Waals surface area contributed by atoms with E-state index in [1.807, 2.05) is 0 Å². The molecule has 0 amide bonds. The topological polar surface area (TPSA) is 104 Å². The lowest BCUT2D eigenvalue weighted by Crippen LogP contribution is -2.04. The summed E-state index contributed by atoms with van der Waals surface area (Å²) in [6, 6.07) is 9.68. The van der Waals surface area contributed by atoms with Gasteiger partial charge in [0.2, 0.25) is 11.6 Å². The highest BCUT2D eigenvalue weighted by atomic mass is 19.4. The van der Waals surface area contributed by atoms with Crippen molar-refractivity contribution >= 4 is 5.82 Å². The predicted molar refractivity (Wildman–Crippen MR) is 98.1 cm³/mol. The van der Waals surface area contributed by atoms with Crippen LogP contribution in [0, 0.1) is 6.92 Å².